The summed E-state index contributed by atoms with van der Waals surface area (Å²) in [6.07, 6.45) is 9.63. The van der Waals surface area contributed by atoms with Crippen molar-refractivity contribution in [2.24, 2.45) is 5.92 Å². The van der Waals surface area contributed by atoms with E-state index in [9.17, 15) is 0 Å². The molecule has 2 aliphatic rings. The fourth-order valence-corrected chi connectivity index (χ4v) is 3.71. The van der Waals surface area contributed by atoms with Crippen LogP contribution in [0.15, 0.2) is 0 Å². The van der Waals surface area contributed by atoms with Gasteiger partial charge in [0.15, 0.2) is 0 Å². The summed E-state index contributed by atoms with van der Waals surface area (Å²) in [4.78, 5) is 2.65. The molecule has 1 heterocycles. The zero-order valence-corrected chi connectivity index (χ0v) is 13.8. The molecule has 1 N–H and O–H groups in total. The molecule has 0 amide bonds. The third kappa shape index (κ3) is 6.64. The van der Waals surface area contributed by atoms with Crippen molar-refractivity contribution in [2.75, 3.05) is 53.1 Å². The molecule has 1 saturated carbocycles. The molecular formula is C17H34N2O2. The number of rotatable bonds is 8. The number of nitrogens with one attached hydrogen (secondary N) is 1. The summed E-state index contributed by atoms with van der Waals surface area (Å²) in [6, 6.07) is 0.724. The number of hydrogen-bond donors (Lipinski definition) is 1. The first kappa shape index (κ1) is 17.2. The molecule has 2 rings (SSSR count). The molecule has 2 fully saturated rings. The van der Waals surface area contributed by atoms with Gasteiger partial charge in [-0.2, -0.15) is 0 Å². The van der Waals surface area contributed by atoms with Crippen LogP contribution >= 0.6 is 0 Å². The Bertz CT molecular complexity index is 257. The predicted molar refractivity (Wildman–Crippen MR) is 86.7 cm³/mol. The van der Waals surface area contributed by atoms with Crippen molar-refractivity contribution >= 4 is 0 Å². The minimum Gasteiger partial charge on any atom is -0.382 e. The summed E-state index contributed by atoms with van der Waals surface area (Å²) in [5, 5.41) is 3.81. The van der Waals surface area contributed by atoms with Gasteiger partial charge in [0.2, 0.25) is 0 Å². The Morgan fingerprint density at radius 3 is 2.71 bits per heavy atom. The maximum absolute atomic E-state index is 5.57. The average molecular weight is 298 g/mol. The van der Waals surface area contributed by atoms with E-state index in [1.807, 2.05) is 0 Å². The van der Waals surface area contributed by atoms with Crippen LogP contribution in [-0.2, 0) is 9.47 Å². The lowest BCUT2D eigenvalue weighted by Crippen LogP contribution is -2.44. The van der Waals surface area contributed by atoms with Crippen molar-refractivity contribution in [3.05, 3.63) is 0 Å². The molecule has 4 nitrogen and oxygen atoms in total. The highest BCUT2D eigenvalue weighted by Crippen LogP contribution is 2.27. The number of hydrogen-bond acceptors (Lipinski definition) is 4. The number of ether oxygens (including phenoxy) is 2. The monoisotopic (exact) mass is 298 g/mol. The summed E-state index contributed by atoms with van der Waals surface area (Å²) in [7, 11) is 1.72. The van der Waals surface area contributed by atoms with E-state index in [0.29, 0.717) is 6.61 Å². The van der Waals surface area contributed by atoms with Crippen molar-refractivity contribution in [3.63, 3.8) is 0 Å². The van der Waals surface area contributed by atoms with Gasteiger partial charge in [-0.05, 0) is 44.7 Å². The fraction of sp³-hybridized carbons (Fsp3) is 1.00. The molecular weight excluding hydrogens is 264 g/mol. The third-order valence-electron chi connectivity index (χ3n) is 4.93. The van der Waals surface area contributed by atoms with Crippen LogP contribution in [0.25, 0.3) is 0 Å². The molecule has 124 valence electrons. The second-order valence-electron chi connectivity index (χ2n) is 6.57. The summed E-state index contributed by atoms with van der Waals surface area (Å²) in [5.74, 6) is 0.914. The van der Waals surface area contributed by atoms with Crippen LogP contribution in [0, 0.1) is 5.92 Å². The number of methoxy groups -OCH3 is 1. The molecule has 21 heavy (non-hydrogen) atoms. The van der Waals surface area contributed by atoms with Gasteiger partial charge in [-0.15, -0.1) is 0 Å². The minimum atomic E-state index is 0.706. The van der Waals surface area contributed by atoms with Crippen LogP contribution in [0.5, 0.6) is 0 Å². The normalized spacial score (nSPS) is 25.9. The van der Waals surface area contributed by atoms with E-state index in [0.717, 1.165) is 31.6 Å². The van der Waals surface area contributed by atoms with Crippen molar-refractivity contribution in [1.29, 1.82) is 0 Å². The van der Waals surface area contributed by atoms with E-state index in [4.69, 9.17) is 9.47 Å². The van der Waals surface area contributed by atoms with E-state index >= 15 is 0 Å². The van der Waals surface area contributed by atoms with Gasteiger partial charge in [-0.25, -0.2) is 0 Å². The van der Waals surface area contributed by atoms with Crippen molar-refractivity contribution in [2.45, 2.75) is 51.0 Å². The van der Waals surface area contributed by atoms with Gasteiger partial charge in [-0.3, -0.25) is 0 Å². The van der Waals surface area contributed by atoms with Crippen molar-refractivity contribution in [1.82, 2.24) is 10.2 Å². The second-order valence-corrected chi connectivity index (χ2v) is 6.57. The average Bonchev–Trinajstić information content (AvgIpc) is 2.77. The predicted octanol–water partition coefficient (Wildman–Crippen LogP) is 2.28. The van der Waals surface area contributed by atoms with E-state index < -0.39 is 0 Å². The van der Waals surface area contributed by atoms with Gasteiger partial charge in [-0.1, -0.05) is 19.3 Å². The Morgan fingerprint density at radius 2 is 1.90 bits per heavy atom. The topological polar surface area (TPSA) is 33.7 Å². The van der Waals surface area contributed by atoms with Crippen LogP contribution in [0.1, 0.15) is 44.9 Å². The molecule has 0 aromatic carbocycles. The zero-order valence-electron chi connectivity index (χ0n) is 13.8. The fourth-order valence-electron chi connectivity index (χ4n) is 3.71. The third-order valence-corrected chi connectivity index (χ3v) is 4.93. The highest BCUT2D eigenvalue weighted by Gasteiger charge is 2.26. The van der Waals surface area contributed by atoms with Gasteiger partial charge in [0.1, 0.15) is 0 Å². The molecule has 0 bridgehead atoms. The SMILES string of the molecule is COCCOCCCN1CCCNC(C2CCCCC2)C1. The minimum absolute atomic E-state index is 0.706. The van der Waals surface area contributed by atoms with E-state index in [-0.39, 0.29) is 0 Å². The lowest BCUT2D eigenvalue weighted by Gasteiger charge is -2.33. The van der Waals surface area contributed by atoms with E-state index in [1.165, 1.54) is 64.7 Å². The Kier molecular flexibility index (Phi) is 8.64. The molecule has 0 aromatic rings. The Hall–Kier alpha value is -0.160. The molecule has 0 spiro atoms. The molecule has 1 atom stereocenters. The van der Waals surface area contributed by atoms with Crippen LogP contribution in [0.4, 0.5) is 0 Å². The van der Waals surface area contributed by atoms with Crippen LogP contribution in [0.3, 0.4) is 0 Å². The zero-order chi connectivity index (χ0) is 14.8. The largest absolute Gasteiger partial charge is 0.382 e. The Balaban J connectivity index is 1.64. The molecule has 1 unspecified atom stereocenters. The molecule has 0 aromatic heterocycles. The lowest BCUT2D eigenvalue weighted by molar-refractivity contribution is 0.0646. The first-order valence-corrected chi connectivity index (χ1v) is 8.92. The van der Waals surface area contributed by atoms with Crippen LogP contribution in [0.2, 0.25) is 0 Å². The first-order valence-electron chi connectivity index (χ1n) is 8.92. The van der Waals surface area contributed by atoms with E-state index in [2.05, 4.69) is 10.2 Å². The van der Waals surface area contributed by atoms with E-state index in [1.54, 1.807) is 7.11 Å². The van der Waals surface area contributed by atoms with Gasteiger partial charge < -0.3 is 19.7 Å². The van der Waals surface area contributed by atoms with Gasteiger partial charge in [0, 0.05) is 32.8 Å². The standard InChI is InChI=1S/C17H34N2O2/c1-20-13-14-21-12-6-11-19-10-5-9-18-17(15-19)16-7-3-2-4-8-16/h16-18H,2-15H2,1H3. The summed E-state index contributed by atoms with van der Waals surface area (Å²) >= 11 is 0. The first-order chi connectivity index (χ1) is 10.4. The van der Waals surface area contributed by atoms with Crippen LogP contribution in [-0.4, -0.2) is 64.1 Å². The maximum Gasteiger partial charge on any atom is 0.0700 e. The highest BCUT2D eigenvalue weighted by atomic mass is 16.5. The Labute approximate surface area is 130 Å². The van der Waals surface area contributed by atoms with Gasteiger partial charge in [0.05, 0.1) is 13.2 Å². The van der Waals surface area contributed by atoms with Crippen molar-refractivity contribution < 1.29 is 9.47 Å². The second kappa shape index (κ2) is 10.5. The molecule has 0 radical (unpaired) electrons. The Morgan fingerprint density at radius 1 is 1.05 bits per heavy atom. The van der Waals surface area contributed by atoms with Gasteiger partial charge >= 0.3 is 0 Å². The summed E-state index contributed by atoms with van der Waals surface area (Å²) in [6.45, 7) is 7.15. The van der Waals surface area contributed by atoms with Crippen LogP contribution < -0.4 is 5.32 Å². The molecule has 1 saturated heterocycles. The highest BCUT2D eigenvalue weighted by molar-refractivity contribution is 4.84. The van der Waals surface area contributed by atoms with Gasteiger partial charge in [0.25, 0.3) is 0 Å². The number of nitrogens with zero attached hydrogens (tertiary/aromatic N) is 1. The lowest BCUT2D eigenvalue weighted by atomic mass is 9.83. The summed E-state index contributed by atoms with van der Waals surface area (Å²) < 4.78 is 10.6. The quantitative estimate of drug-likeness (QED) is 0.697. The van der Waals surface area contributed by atoms with Crippen molar-refractivity contribution in [3.8, 4) is 0 Å². The smallest absolute Gasteiger partial charge is 0.0700 e. The molecule has 1 aliphatic heterocycles. The molecule has 4 heteroatoms. The summed E-state index contributed by atoms with van der Waals surface area (Å²) in [5.41, 5.74) is 0. The molecule has 1 aliphatic carbocycles. The maximum atomic E-state index is 5.57.